The number of carbonyl (C=O) groups excluding carboxylic acids is 1. The van der Waals surface area contributed by atoms with Crippen molar-refractivity contribution in [1.29, 1.82) is 0 Å². The Kier molecular flexibility index (Phi) is 7.53. The first-order valence-electron chi connectivity index (χ1n) is 9.39. The number of aryl methyl sites for hydroxylation is 1. The Morgan fingerprint density at radius 2 is 1.63 bits per heavy atom. The number of hydrogen-bond acceptors (Lipinski definition) is 4. The molecular weight excluding hydrogens is 342 g/mol. The second kappa shape index (κ2) is 9.86. The number of ether oxygens (including phenoxy) is 3. The molecule has 5 heteroatoms. The van der Waals surface area contributed by atoms with E-state index in [9.17, 15) is 4.79 Å². The van der Waals surface area contributed by atoms with E-state index in [0.717, 1.165) is 23.3 Å². The van der Waals surface area contributed by atoms with Gasteiger partial charge in [-0.25, -0.2) is 0 Å². The summed E-state index contributed by atoms with van der Waals surface area (Å²) < 4.78 is 16.5. The first kappa shape index (κ1) is 20.6. The third-order valence-electron chi connectivity index (χ3n) is 4.34. The molecule has 0 aliphatic carbocycles. The number of amides is 1. The largest absolute Gasteiger partial charge is 0.496 e. The van der Waals surface area contributed by atoms with Gasteiger partial charge in [-0.3, -0.25) is 4.79 Å². The lowest BCUT2D eigenvalue weighted by atomic mass is 10.0. The molecule has 146 valence electrons. The van der Waals surface area contributed by atoms with Crippen LogP contribution in [-0.2, 0) is 0 Å². The van der Waals surface area contributed by atoms with E-state index in [0.29, 0.717) is 30.3 Å². The van der Waals surface area contributed by atoms with Crippen LogP contribution in [0.2, 0.25) is 0 Å². The van der Waals surface area contributed by atoms with Crippen molar-refractivity contribution >= 4 is 5.91 Å². The maximum atomic E-state index is 12.8. The van der Waals surface area contributed by atoms with Crippen LogP contribution < -0.4 is 19.5 Å². The summed E-state index contributed by atoms with van der Waals surface area (Å²) in [4.78, 5) is 12.8. The van der Waals surface area contributed by atoms with Crippen LogP contribution in [0.3, 0.4) is 0 Å². The van der Waals surface area contributed by atoms with E-state index in [4.69, 9.17) is 14.2 Å². The maximum Gasteiger partial charge on any atom is 0.251 e. The highest BCUT2D eigenvalue weighted by Crippen LogP contribution is 2.29. The fourth-order valence-corrected chi connectivity index (χ4v) is 2.97. The van der Waals surface area contributed by atoms with Crippen molar-refractivity contribution in [3.05, 3.63) is 53.1 Å². The van der Waals surface area contributed by atoms with Crippen LogP contribution in [-0.4, -0.2) is 26.2 Å². The van der Waals surface area contributed by atoms with Crippen molar-refractivity contribution in [2.75, 3.05) is 20.3 Å². The minimum absolute atomic E-state index is 0.0794. The van der Waals surface area contributed by atoms with Crippen molar-refractivity contribution < 1.29 is 19.0 Å². The third kappa shape index (κ3) is 5.16. The van der Waals surface area contributed by atoms with Gasteiger partial charge in [-0.2, -0.15) is 0 Å². The number of nitrogens with one attached hydrogen (secondary N) is 1. The van der Waals surface area contributed by atoms with Crippen LogP contribution in [0.5, 0.6) is 17.2 Å². The molecule has 1 N–H and O–H groups in total. The topological polar surface area (TPSA) is 56.8 Å². The summed E-state index contributed by atoms with van der Waals surface area (Å²) in [5, 5.41) is 3.11. The van der Waals surface area contributed by atoms with Gasteiger partial charge in [0, 0.05) is 5.56 Å². The molecule has 5 nitrogen and oxygen atoms in total. The lowest BCUT2D eigenvalue weighted by molar-refractivity contribution is 0.0935. The predicted molar refractivity (Wildman–Crippen MR) is 107 cm³/mol. The molecule has 1 amide bonds. The summed E-state index contributed by atoms with van der Waals surface area (Å²) >= 11 is 0. The average Bonchev–Trinajstić information content (AvgIpc) is 2.67. The average molecular weight is 371 g/mol. The number of carbonyl (C=O) groups is 1. The first-order chi connectivity index (χ1) is 13.0. The summed E-state index contributed by atoms with van der Waals surface area (Å²) in [6.07, 6.45) is 0.785. The number of methoxy groups -OCH3 is 1. The normalized spacial score (nSPS) is 11.6. The fourth-order valence-electron chi connectivity index (χ4n) is 2.97. The predicted octanol–water partition coefficient (Wildman–Crippen LogP) is 4.68. The molecule has 0 bridgehead atoms. The van der Waals surface area contributed by atoms with Gasteiger partial charge in [-0.1, -0.05) is 19.1 Å². The van der Waals surface area contributed by atoms with Crippen LogP contribution in [0.1, 0.15) is 54.7 Å². The van der Waals surface area contributed by atoms with Gasteiger partial charge in [0.15, 0.2) is 11.5 Å². The summed E-state index contributed by atoms with van der Waals surface area (Å²) in [5.41, 5.74) is 2.65. The van der Waals surface area contributed by atoms with Crippen molar-refractivity contribution in [3.63, 3.8) is 0 Å². The Morgan fingerprint density at radius 1 is 0.963 bits per heavy atom. The Labute approximate surface area is 161 Å². The molecule has 1 unspecified atom stereocenters. The summed E-state index contributed by atoms with van der Waals surface area (Å²) in [6.45, 7) is 8.92. The number of rotatable bonds is 9. The van der Waals surface area contributed by atoms with Gasteiger partial charge in [0.05, 0.1) is 26.4 Å². The van der Waals surface area contributed by atoms with Crippen LogP contribution in [0.25, 0.3) is 0 Å². The molecule has 0 fully saturated rings. The van der Waals surface area contributed by atoms with Crippen molar-refractivity contribution in [1.82, 2.24) is 5.32 Å². The van der Waals surface area contributed by atoms with Gasteiger partial charge >= 0.3 is 0 Å². The summed E-state index contributed by atoms with van der Waals surface area (Å²) in [6, 6.07) is 11.2. The van der Waals surface area contributed by atoms with Crippen molar-refractivity contribution in [3.8, 4) is 17.2 Å². The Morgan fingerprint density at radius 3 is 2.22 bits per heavy atom. The van der Waals surface area contributed by atoms with Crippen LogP contribution in [0, 0.1) is 6.92 Å². The maximum absolute atomic E-state index is 12.8. The molecule has 0 aliphatic heterocycles. The monoisotopic (exact) mass is 371 g/mol. The van der Waals surface area contributed by atoms with E-state index >= 15 is 0 Å². The highest BCUT2D eigenvalue weighted by atomic mass is 16.5. The molecule has 2 aromatic carbocycles. The van der Waals surface area contributed by atoms with Gasteiger partial charge in [0.25, 0.3) is 5.91 Å². The molecule has 0 spiro atoms. The van der Waals surface area contributed by atoms with Gasteiger partial charge in [-0.15, -0.1) is 0 Å². The number of hydrogen-bond donors (Lipinski definition) is 1. The van der Waals surface area contributed by atoms with Crippen LogP contribution >= 0.6 is 0 Å². The molecule has 0 aliphatic rings. The SMILES string of the molecule is CCOc1ccc(C(=O)NC(CC)c2ccc(OC)c(C)c2)cc1OCC. The van der Waals surface area contributed by atoms with Crippen molar-refractivity contribution in [2.45, 2.75) is 40.2 Å². The molecule has 0 radical (unpaired) electrons. The molecule has 0 saturated carbocycles. The molecule has 1 atom stereocenters. The molecule has 0 heterocycles. The van der Waals surface area contributed by atoms with Gasteiger partial charge in [0.1, 0.15) is 5.75 Å². The van der Waals surface area contributed by atoms with Crippen molar-refractivity contribution in [2.24, 2.45) is 0 Å². The molecule has 0 saturated heterocycles. The van der Waals surface area contributed by atoms with Gasteiger partial charge in [-0.05, 0) is 62.6 Å². The quantitative estimate of drug-likeness (QED) is 0.695. The summed E-state index contributed by atoms with van der Waals surface area (Å²) in [7, 11) is 1.66. The zero-order valence-corrected chi connectivity index (χ0v) is 16.8. The van der Waals surface area contributed by atoms with E-state index < -0.39 is 0 Å². The van der Waals surface area contributed by atoms with Gasteiger partial charge in [0.2, 0.25) is 0 Å². The minimum Gasteiger partial charge on any atom is -0.496 e. The molecule has 2 aromatic rings. The van der Waals surface area contributed by atoms with E-state index in [1.165, 1.54) is 0 Å². The van der Waals surface area contributed by atoms with E-state index in [1.807, 2.05) is 39.8 Å². The Hall–Kier alpha value is -2.69. The summed E-state index contributed by atoms with van der Waals surface area (Å²) in [5.74, 6) is 1.93. The van der Waals surface area contributed by atoms with E-state index in [1.54, 1.807) is 25.3 Å². The zero-order chi connectivity index (χ0) is 19.8. The standard InChI is InChI=1S/C22H29NO4/c1-6-18(16-9-11-19(25-5)15(4)13-16)23-22(24)17-10-12-20(26-7-2)21(14-17)27-8-3/h9-14,18H,6-8H2,1-5H3,(H,23,24). The Balaban J connectivity index is 2.21. The minimum atomic E-state index is -0.140. The molecule has 2 rings (SSSR count). The van der Waals surface area contributed by atoms with Crippen LogP contribution in [0.4, 0.5) is 0 Å². The van der Waals surface area contributed by atoms with Crippen LogP contribution in [0.15, 0.2) is 36.4 Å². The smallest absolute Gasteiger partial charge is 0.251 e. The number of benzene rings is 2. The zero-order valence-electron chi connectivity index (χ0n) is 16.8. The molecular formula is C22H29NO4. The second-order valence-electron chi connectivity index (χ2n) is 6.19. The van der Waals surface area contributed by atoms with Gasteiger partial charge < -0.3 is 19.5 Å². The highest BCUT2D eigenvalue weighted by Gasteiger charge is 2.17. The second-order valence-corrected chi connectivity index (χ2v) is 6.19. The lowest BCUT2D eigenvalue weighted by Crippen LogP contribution is -2.28. The first-order valence-corrected chi connectivity index (χ1v) is 9.39. The Bertz CT molecular complexity index is 773. The van der Waals surface area contributed by atoms with E-state index in [-0.39, 0.29) is 11.9 Å². The van der Waals surface area contributed by atoms with E-state index in [2.05, 4.69) is 11.4 Å². The molecule has 0 aromatic heterocycles. The fraction of sp³-hybridized carbons (Fsp3) is 0.409. The molecule has 27 heavy (non-hydrogen) atoms. The third-order valence-corrected chi connectivity index (χ3v) is 4.34. The lowest BCUT2D eigenvalue weighted by Gasteiger charge is -2.19. The highest BCUT2D eigenvalue weighted by molar-refractivity contribution is 5.95.